The van der Waals surface area contributed by atoms with Crippen LogP contribution in [-0.4, -0.2) is 25.5 Å². The molecule has 0 heterocycles. The highest BCUT2D eigenvalue weighted by molar-refractivity contribution is 5.81. The second-order valence-electron chi connectivity index (χ2n) is 3.09. The topological polar surface area (TPSA) is 79.2 Å². The van der Waals surface area contributed by atoms with E-state index in [0.29, 0.717) is 6.42 Å². The van der Waals surface area contributed by atoms with Crippen LogP contribution in [0.4, 0.5) is 0 Å². The molecule has 0 rings (SSSR count). The molecule has 5 nitrogen and oxygen atoms in total. The second-order valence-corrected chi connectivity index (χ2v) is 3.09. The Kier molecular flexibility index (Phi) is 6.98. The molecule has 0 aromatic rings. The summed E-state index contributed by atoms with van der Waals surface area (Å²) in [5, 5.41) is 11.2. The molecular formula is C10H16N2O3. The molecule has 0 radical (unpaired) electrons. The first kappa shape index (κ1) is 13.4. The predicted octanol–water partition coefficient (Wildman–Crippen LogP) is 0.606. The van der Waals surface area contributed by atoms with Crippen molar-refractivity contribution < 1.29 is 14.3 Å². The van der Waals surface area contributed by atoms with Gasteiger partial charge < -0.3 is 10.1 Å². The number of nitrogens with one attached hydrogen (secondary N) is 1. The van der Waals surface area contributed by atoms with Crippen molar-refractivity contribution in [2.75, 3.05) is 13.7 Å². The minimum absolute atomic E-state index is 0.131. The summed E-state index contributed by atoms with van der Waals surface area (Å²) in [4.78, 5) is 22.1. The van der Waals surface area contributed by atoms with Crippen molar-refractivity contribution in [3.63, 3.8) is 0 Å². The average molecular weight is 212 g/mol. The van der Waals surface area contributed by atoms with E-state index in [9.17, 15) is 9.59 Å². The third-order valence-electron chi connectivity index (χ3n) is 1.91. The Morgan fingerprint density at radius 3 is 2.67 bits per heavy atom. The van der Waals surface area contributed by atoms with Crippen LogP contribution in [0.2, 0.25) is 0 Å². The summed E-state index contributed by atoms with van der Waals surface area (Å²) in [7, 11) is 1.29. The Labute approximate surface area is 89.4 Å². The predicted molar refractivity (Wildman–Crippen MR) is 53.7 cm³/mol. The van der Waals surface area contributed by atoms with Crippen LogP contribution in [0.25, 0.3) is 0 Å². The summed E-state index contributed by atoms with van der Waals surface area (Å²) in [6.45, 7) is 2.12. The molecule has 0 saturated heterocycles. The molecule has 15 heavy (non-hydrogen) atoms. The van der Waals surface area contributed by atoms with E-state index in [1.165, 1.54) is 7.11 Å². The van der Waals surface area contributed by atoms with Gasteiger partial charge in [-0.25, -0.2) is 0 Å². The first-order valence-electron chi connectivity index (χ1n) is 4.89. The van der Waals surface area contributed by atoms with Crippen LogP contribution in [0, 0.1) is 17.2 Å². The van der Waals surface area contributed by atoms with Crippen LogP contribution in [0.3, 0.4) is 0 Å². The van der Waals surface area contributed by atoms with E-state index < -0.39 is 5.92 Å². The normalized spacial score (nSPS) is 11.3. The highest BCUT2D eigenvalue weighted by Gasteiger charge is 2.16. The minimum atomic E-state index is -0.618. The van der Waals surface area contributed by atoms with Crippen molar-refractivity contribution in [1.29, 1.82) is 5.26 Å². The summed E-state index contributed by atoms with van der Waals surface area (Å²) in [5.74, 6) is -1.31. The number of methoxy groups -OCH3 is 1. The number of hydrogen-bond donors (Lipinski definition) is 1. The van der Waals surface area contributed by atoms with E-state index >= 15 is 0 Å². The van der Waals surface area contributed by atoms with Gasteiger partial charge in [-0.3, -0.25) is 9.59 Å². The molecule has 0 aromatic carbocycles. The fourth-order valence-electron chi connectivity index (χ4n) is 1.06. The zero-order chi connectivity index (χ0) is 11.7. The van der Waals surface area contributed by atoms with Gasteiger partial charge in [0.2, 0.25) is 5.91 Å². The van der Waals surface area contributed by atoms with E-state index in [1.807, 2.05) is 13.0 Å². The van der Waals surface area contributed by atoms with Gasteiger partial charge in [-0.05, 0) is 6.42 Å². The van der Waals surface area contributed by atoms with Crippen molar-refractivity contribution in [3.05, 3.63) is 0 Å². The van der Waals surface area contributed by atoms with E-state index in [2.05, 4.69) is 10.1 Å². The molecule has 1 atom stereocenters. The first-order valence-corrected chi connectivity index (χ1v) is 4.89. The smallest absolute Gasteiger partial charge is 0.307 e. The van der Waals surface area contributed by atoms with Gasteiger partial charge in [0.15, 0.2) is 0 Å². The Bertz CT molecular complexity index is 258. The van der Waals surface area contributed by atoms with Crippen LogP contribution >= 0.6 is 0 Å². The van der Waals surface area contributed by atoms with Crippen molar-refractivity contribution >= 4 is 11.9 Å². The molecule has 1 unspecified atom stereocenters. The summed E-state index contributed by atoms with van der Waals surface area (Å²) >= 11 is 0. The van der Waals surface area contributed by atoms with Gasteiger partial charge in [0.05, 0.1) is 19.6 Å². The number of hydrogen-bond acceptors (Lipinski definition) is 4. The molecule has 0 aromatic heterocycles. The lowest BCUT2D eigenvalue weighted by Crippen LogP contribution is -2.31. The van der Waals surface area contributed by atoms with Crippen LogP contribution in [-0.2, 0) is 14.3 Å². The number of amides is 1. The summed E-state index contributed by atoms with van der Waals surface area (Å²) in [6, 6.07) is 1.93. The molecule has 0 spiro atoms. The second kappa shape index (κ2) is 7.80. The molecule has 0 aliphatic rings. The van der Waals surface area contributed by atoms with Crippen LogP contribution < -0.4 is 5.32 Å². The van der Waals surface area contributed by atoms with Gasteiger partial charge in [0.1, 0.15) is 5.92 Å². The number of esters is 1. The molecule has 0 bridgehead atoms. The monoisotopic (exact) mass is 212 g/mol. The maximum atomic E-state index is 11.3. The quantitative estimate of drug-likeness (QED) is 0.654. The molecule has 0 aliphatic carbocycles. The van der Waals surface area contributed by atoms with Crippen LogP contribution in [0.5, 0.6) is 0 Å². The lowest BCUT2D eigenvalue weighted by atomic mass is 10.1. The van der Waals surface area contributed by atoms with Gasteiger partial charge in [-0.2, -0.15) is 5.26 Å². The SMILES string of the molecule is CCCC(C#N)C(=O)NCCC(=O)OC. The first-order chi connectivity index (χ1) is 7.15. The van der Waals surface area contributed by atoms with E-state index in [0.717, 1.165) is 6.42 Å². The lowest BCUT2D eigenvalue weighted by molar-refractivity contribution is -0.140. The average Bonchev–Trinajstić information content (AvgIpc) is 2.25. The molecule has 1 N–H and O–H groups in total. The largest absolute Gasteiger partial charge is 0.469 e. The third kappa shape index (κ3) is 5.68. The van der Waals surface area contributed by atoms with E-state index in [4.69, 9.17) is 5.26 Å². The zero-order valence-corrected chi connectivity index (χ0v) is 9.08. The van der Waals surface area contributed by atoms with Crippen molar-refractivity contribution in [3.8, 4) is 6.07 Å². The van der Waals surface area contributed by atoms with Crippen LogP contribution in [0.1, 0.15) is 26.2 Å². The Hall–Kier alpha value is -1.57. The number of carbonyl (C=O) groups is 2. The lowest BCUT2D eigenvalue weighted by Gasteiger charge is -2.08. The number of carbonyl (C=O) groups excluding carboxylic acids is 2. The Morgan fingerprint density at radius 2 is 2.20 bits per heavy atom. The highest BCUT2D eigenvalue weighted by Crippen LogP contribution is 2.04. The molecule has 0 fully saturated rings. The number of ether oxygens (including phenoxy) is 1. The van der Waals surface area contributed by atoms with Gasteiger partial charge in [-0.1, -0.05) is 13.3 Å². The van der Waals surface area contributed by atoms with E-state index in [-0.39, 0.29) is 24.8 Å². The Morgan fingerprint density at radius 1 is 1.53 bits per heavy atom. The Balaban J connectivity index is 3.82. The summed E-state index contributed by atoms with van der Waals surface area (Å²) in [5.41, 5.74) is 0. The standard InChI is InChI=1S/C10H16N2O3/c1-3-4-8(7-11)10(14)12-6-5-9(13)15-2/h8H,3-6H2,1-2H3,(H,12,14). The zero-order valence-electron chi connectivity index (χ0n) is 9.08. The molecule has 5 heteroatoms. The van der Waals surface area contributed by atoms with Gasteiger partial charge in [-0.15, -0.1) is 0 Å². The fraction of sp³-hybridized carbons (Fsp3) is 0.700. The summed E-state index contributed by atoms with van der Waals surface area (Å²) < 4.78 is 4.41. The molecule has 0 saturated carbocycles. The number of nitrogens with zero attached hydrogens (tertiary/aromatic N) is 1. The van der Waals surface area contributed by atoms with Gasteiger partial charge in [0.25, 0.3) is 0 Å². The van der Waals surface area contributed by atoms with Gasteiger partial charge in [0, 0.05) is 6.54 Å². The summed E-state index contributed by atoms with van der Waals surface area (Å²) in [6.07, 6.45) is 1.45. The number of nitriles is 1. The maximum absolute atomic E-state index is 11.3. The minimum Gasteiger partial charge on any atom is -0.469 e. The van der Waals surface area contributed by atoms with Crippen molar-refractivity contribution in [2.24, 2.45) is 5.92 Å². The molecule has 0 aliphatic heterocycles. The third-order valence-corrected chi connectivity index (χ3v) is 1.91. The maximum Gasteiger partial charge on any atom is 0.307 e. The molecular weight excluding hydrogens is 196 g/mol. The highest BCUT2D eigenvalue weighted by atomic mass is 16.5. The van der Waals surface area contributed by atoms with Crippen molar-refractivity contribution in [1.82, 2.24) is 5.32 Å². The van der Waals surface area contributed by atoms with Crippen LogP contribution in [0.15, 0.2) is 0 Å². The molecule has 1 amide bonds. The fourth-order valence-corrected chi connectivity index (χ4v) is 1.06. The molecule has 84 valence electrons. The van der Waals surface area contributed by atoms with Crippen molar-refractivity contribution in [2.45, 2.75) is 26.2 Å². The van der Waals surface area contributed by atoms with Gasteiger partial charge >= 0.3 is 5.97 Å². The number of rotatable bonds is 6. The van der Waals surface area contributed by atoms with E-state index in [1.54, 1.807) is 0 Å².